The molecule has 0 saturated heterocycles. The third-order valence-electron chi connectivity index (χ3n) is 13.8. The minimum absolute atomic E-state index is 0.179. The molecule has 5 aliphatic heterocycles. The molecule has 0 N–H and O–H groups in total. The molecular weight excluding hydrogens is 578 g/mol. The molecule has 1 atom stereocenters. The van der Waals surface area contributed by atoms with E-state index in [-0.39, 0.29) is 10.8 Å². The van der Waals surface area contributed by atoms with Crippen molar-refractivity contribution in [3.63, 3.8) is 0 Å². The summed E-state index contributed by atoms with van der Waals surface area (Å²) in [5.74, 6) is 7.55. The Morgan fingerprint density at radius 3 is 2.11 bits per heavy atom. The summed E-state index contributed by atoms with van der Waals surface area (Å²) in [6.45, 7) is 4.79. The molecule has 5 aromatic rings. The fourth-order valence-corrected chi connectivity index (χ4v) is 12.5. The van der Waals surface area contributed by atoms with Crippen molar-refractivity contribution in [2.45, 2.75) is 68.9 Å². The molecule has 3 aromatic carbocycles. The third-order valence-corrected chi connectivity index (χ3v) is 13.8. The molecule has 47 heavy (non-hydrogen) atoms. The van der Waals surface area contributed by atoms with Crippen molar-refractivity contribution in [2.75, 3.05) is 4.90 Å². The number of benzene rings is 3. The van der Waals surface area contributed by atoms with E-state index in [1.165, 1.54) is 89.4 Å². The van der Waals surface area contributed by atoms with E-state index in [0.717, 1.165) is 46.4 Å². The van der Waals surface area contributed by atoms with E-state index in [2.05, 4.69) is 113 Å². The summed E-state index contributed by atoms with van der Waals surface area (Å²) in [5.41, 5.74) is 10.9. The Hall–Kier alpha value is -4.64. The maximum Gasteiger partial charge on any atom is 0.381 e. The second kappa shape index (κ2) is 7.41. The van der Waals surface area contributed by atoms with Crippen LogP contribution in [0.2, 0.25) is 0 Å². The molecule has 0 amide bonds. The minimum atomic E-state index is -0.654. The molecule has 1 spiro atoms. The molecule has 4 aliphatic carbocycles. The number of ether oxygens (including phenoxy) is 2. The molecule has 5 heteroatoms. The molecule has 2 aromatic heterocycles. The molecule has 4 fully saturated rings. The van der Waals surface area contributed by atoms with Gasteiger partial charge >= 0.3 is 11.5 Å². The number of aromatic nitrogens is 2. The minimum Gasteiger partial charge on any atom is -0.455 e. The van der Waals surface area contributed by atoms with Crippen LogP contribution in [0.5, 0.6) is 23.1 Å². The number of hydrogen-bond acceptors (Lipinski definition) is 3. The topological polar surface area (TPSA) is 29.5 Å². The SMILES string of the molecule is CC1(C)c2ccccc2N2c3cccc4c3C35c6c(cccc6Oc6cc(C78CC9CC(CC(C9)C7)C8)cc([n+]63)-c3ccc1c2[n+]35)O4. The van der Waals surface area contributed by atoms with Crippen LogP contribution in [-0.4, -0.2) is 0 Å². The fourth-order valence-electron chi connectivity index (χ4n) is 12.5. The van der Waals surface area contributed by atoms with Gasteiger partial charge in [-0.3, -0.25) is 0 Å². The lowest BCUT2D eigenvalue weighted by molar-refractivity contribution is -0.937. The number of para-hydroxylation sites is 1. The highest BCUT2D eigenvalue weighted by atomic mass is 16.5. The van der Waals surface area contributed by atoms with Crippen molar-refractivity contribution in [1.29, 1.82) is 0 Å². The molecule has 4 saturated carbocycles. The van der Waals surface area contributed by atoms with E-state index in [0.29, 0.717) is 0 Å². The Labute approximate surface area is 274 Å². The molecule has 0 radical (unpaired) electrons. The first-order valence-corrected chi connectivity index (χ1v) is 17.7. The van der Waals surface area contributed by atoms with Gasteiger partial charge in [0.05, 0.1) is 11.6 Å². The van der Waals surface area contributed by atoms with E-state index in [9.17, 15) is 0 Å². The van der Waals surface area contributed by atoms with Gasteiger partial charge in [-0.15, -0.1) is 9.13 Å². The molecule has 9 aliphatic rings. The van der Waals surface area contributed by atoms with Crippen molar-refractivity contribution in [3.05, 3.63) is 113 Å². The van der Waals surface area contributed by atoms with Crippen molar-refractivity contribution in [2.24, 2.45) is 17.8 Å². The zero-order valence-electron chi connectivity index (χ0n) is 26.7. The summed E-state index contributed by atoms with van der Waals surface area (Å²) in [5, 5.41) is 0. The van der Waals surface area contributed by atoms with Gasteiger partial charge in [0.1, 0.15) is 17.2 Å². The predicted molar refractivity (Wildman–Crippen MR) is 177 cm³/mol. The van der Waals surface area contributed by atoms with E-state index in [1.807, 2.05) is 0 Å². The second-order valence-corrected chi connectivity index (χ2v) is 16.4. The summed E-state index contributed by atoms with van der Waals surface area (Å²) < 4.78 is 19.1. The maximum absolute atomic E-state index is 7.07. The zero-order valence-corrected chi connectivity index (χ0v) is 26.7. The predicted octanol–water partition coefficient (Wildman–Crippen LogP) is 8.64. The molecular formula is C42H35N3O2+2. The lowest BCUT2D eigenvalue weighted by Crippen LogP contribution is -2.75. The average molecular weight is 614 g/mol. The van der Waals surface area contributed by atoms with Crippen LogP contribution in [0, 0.1) is 17.8 Å². The van der Waals surface area contributed by atoms with Crippen molar-refractivity contribution < 1.29 is 18.6 Å². The number of rotatable bonds is 1. The first kappa shape index (κ1) is 24.5. The van der Waals surface area contributed by atoms with E-state index in [4.69, 9.17) is 9.47 Å². The summed E-state index contributed by atoms with van der Waals surface area (Å²) in [7, 11) is 0. The Kier molecular flexibility index (Phi) is 3.87. The molecule has 5 nitrogen and oxygen atoms in total. The average Bonchev–Trinajstić information content (AvgIpc) is 3.36. The van der Waals surface area contributed by atoms with E-state index >= 15 is 0 Å². The van der Waals surface area contributed by atoms with Crippen molar-refractivity contribution in [1.82, 2.24) is 0 Å². The van der Waals surface area contributed by atoms with Crippen LogP contribution in [0.1, 0.15) is 80.2 Å². The van der Waals surface area contributed by atoms with Gasteiger partial charge in [-0.25, -0.2) is 0 Å². The van der Waals surface area contributed by atoms with Crippen LogP contribution >= 0.6 is 0 Å². The largest absolute Gasteiger partial charge is 0.455 e. The van der Waals surface area contributed by atoms with Crippen LogP contribution in [0.3, 0.4) is 0 Å². The smallest absolute Gasteiger partial charge is 0.381 e. The molecule has 1 unspecified atom stereocenters. The third kappa shape index (κ3) is 2.49. The van der Waals surface area contributed by atoms with Gasteiger partial charge < -0.3 is 9.47 Å². The van der Waals surface area contributed by atoms with Gasteiger partial charge in [0.15, 0.2) is 22.6 Å². The van der Waals surface area contributed by atoms with Crippen LogP contribution in [0.4, 0.5) is 17.2 Å². The summed E-state index contributed by atoms with van der Waals surface area (Å²) in [6.07, 6.45) is 8.32. The molecule has 7 heterocycles. The number of fused-ring (bicyclic) bond motifs is 4. The van der Waals surface area contributed by atoms with Crippen LogP contribution in [0.25, 0.3) is 11.4 Å². The monoisotopic (exact) mass is 613 g/mol. The fraction of sp³-hybridized carbons (Fsp3) is 0.333. The lowest BCUT2D eigenvalue weighted by Gasteiger charge is -2.57. The first-order chi connectivity index (χ1) is 23.0. The van der Waals surface area contributed by atoms with Gasteiger partial charge in [0.2, 0.25) is 5.69 Å². The maximum atomic E-state index is 7.07. The number of pyridine rings is 2. The van der Waals surface area contributed by atoms with Crippen molar-refractivity contribution >= 4 is 17.2 Å². The summed E-state index contributed by atoms with van der Waals surface area (Å²) in [4.78, 5) is 2.53. The number of nitrogens with zero attached hydrogens (tertiary/aromatic N) is 3. The van der Waals surface area contributed by atoms with E-state index in [1.54, 1.807) is 0 Å². The summed E-state index contributed by atoms with van der Waals surface area (Å²) in [6, 6.07) is 31.9. The standard InChI is InChI=1S/C42H35N3O2/c1-40(2)27-7-3-4-8-29(27)43-31-9-5-10-33-37(31)42-38-34(46-33)11-6-12-35(38)47-36-19-26(41-20-23-15-24(21-41)17-25(16-23)22-41)18-32(44(36)42)30-14-13-28(40)39(43)45(30)42/h3-14,18-19,23-25H,15-17,20-22H2,1-2H3/q+2. The van der Waals surface area contributed by atoms with Gasteiger partial charge in [-0.05, 0) is 110 Å². The highest BCUT2D eigenvalue weighted by Crippen LogP contribution is 2.65. The number of hydrogen-bond donors (Lipinski definition) is 0. The highest BCUT2D eigenvalue weighted by Gasteiger charge is 2.74. The van der Waals surface area contributed by atoms with Crippen LogP contribution < -0.4 is 23.5 Å². The molecule has 4 bridgehead atoms. The second-order valence-electron chi connectivity index (χ2n) is 16.4. The Morgan fingerprint density at radius 2 is 1.32 bits per heavy atom. The highest BCUT2D eigenvalue weighted by molar-refractivity contribution is 5.88. The molecule has 14 rings (SSSR count). The Balaban J connectivity index is 1.20. The van der Waals surface area contributed by atoms with Gasteiger partial charge in [0, 0.05) is 17.0 Å². The first-order valence-electron chi connectivity index (χ1n) is 17.7. The van der Waals surface area contributed by atoms with Gasteiger partial charge in [-0.2, -0.15) is 4.90 Å². The van der Waals surface area contributed by atoms with Crippen LogP contribution in [-0.2, 0) is 16.5 Å². The summed E-state index contributed by atoms with van der Waals surface area (Å²) >= 11 is 0. The quantitative estimate of drug-likeness (QED) is 0.174. The van der Waals surface area contributed by atoms with E-state index < -0.39 is 5.66 Å². The number of anilines is 3. The molecule has 228 valence electrons. The zero-order chi connectivity index (χ0) is 30.6. The van der Waals surface area contributed by atoms with Gasteiger partial charge in [0.25, 0.3) is 11.5 Å². The van der Waals surface area contributed by atoms with Crippen LogP contribution in [0.15, 0.2) is 84.9 Å². The lowest BCUT2D eigenvalue weighted by atomic mass is 9.48. The normalized spacial score (nSPS) is 30.3. The Morgan fingerprint density at radius 1 is 0.638 bits per heavy atom. The Bertz CT molecular complexity index is 2320. The van der Waals surface area contributed by atoms with Gasteiger partial charge in [-0.1, -0.05) is 44.2 Å². The van der Waals surface area contributed by atoms with Crippen molar-refractivity contribution in [3.8, 4) is 34.5 Å².